The van der Waals surface area contributed by atoms with Gasteiger partial charge in [-0.15, -0.1) is 5.10 Å². The lowest BCUT2D eigenvalue weighted by Gasteiger charge is -2.10. The van der Waals surface area contributed by atoms with Gasteiger partial charge in [0.2, 0.25) is 0 Å². The number of hydrogen-bond donors (Lipinski definition) is 1. The minimum atomic E-state index is -0.133. The van der Waals surface area contributed by atoms with E-state index in [1.807, 2.05) is 93.6 Å². The zero-order chi connectivity index (χ0) is 21.8. The fourth-order valence-electron chi connectivity index (χ4n) is 3.37. The molecule has 0 aliphatic rings. The van der Waals surface area contributed by atoms with Gasteiger partial charge in [0, 0.05) is 16.8 Å². The summed E-state index contributed by atoms with van der Waals surface area (Å²) < 4.78 is 7.31. The lowest BCUT2D eigenvalue weighted by Crippen LogP contribution is -2.13. The molecule has 1 heterocycles. The van der Waals surface area contributed by atoms with E-state index >= 15 is 0 Å². The van der Waals surface area contributed by atoms with Crippen molar-refractivity contribution in [3.05, 3.63) is 89.5 Å². The van der Waals surface area contributed by atoms with Crippen LogP contribution >= 0.6 is 0 Å². The van der Waals surface area contributed by atoms with Crippen LogP contribution in [0, 0.1) is 13.8 Å². The molecule has 1 N–H and O–H groups in total. The van der Waals surface area contributed by atoms with Crippen molar-refractivity contribution >= 4 is 11.6 Å². The van der Waals surface area contributed by atoms with Gasteiger partial charge in [0.15, 0.2) is 5.82 Å². The standard InChI is InChI=1S/C25H24N4O2/c1-4-31-25-27-23(21-11-7-5-9-17(21)2)29(28-25)20-15-13-19(14-16-20)26-24(30)22-12-8-6-10-18(22)3/h5-16H,4H2,1-3H3,(H,26,30). The van der Waals surface area contributed by atoms with Gasteiger partial charge < -0.3 is 10.1 Å². The largest absolute Gasteiger partial charge is 0.463 e. The van der Waals surface area contributed by atoms with Gasteiger partial charge >= 0.3 is 6.01 Å². The maximum Gasteiger partial charge on any atom is 0.336 e. The SMILES string of the molecule is CCOc1nc(-c2ccccc2C)n(-c2ccc(NC(=O)c3ccccc3C)cc2)n1. The molecule has 1 aromatic heterocycles. The average molecular weight is 412 g/mol. The maximum absolute atomic E-state index is 12.6. The quantitative estimate of drug-likeness (QED) is 0.472. The first-order valence-electron chi connectivity index (χ1n) is 10.2. The fraction of sp³-hybridized carbons (Fsp3) is 0.160. The third kappa shape index (κ3) is 4.33. The van der Waals surface area contributed by atoms with Crippen LogP contribution in [0.25, 0.3) is 17.1 Å². The molecule has 0 saturated heterocycles. The molecule has 6 nitrogen and oxygen atoms in total. The Morgan fingerprint density at radius 1 is 0.935 bits per heavy atom. The summed E-state index contributed by atoms with van der Waals surface area (Å²) in [6, 6.07) is 23.4. The number of anilines is 1. The van der Waals surface area contributed by atoms with Crippen LogP contribution in [0.3, 0.4) is 0 Å². The number of nitrogens with one attached hydrogen (secondary N) is 1. The average Bonchev–Trinajstić information content (AvgIpc) is 3.19. The summed E-state index contributed by atoms with van der Waals surface area (Å²) in [6.07, 6.45) is 0. The number of amides is 1. The van der Waals surface area contributed by atoms with E-state index in [9.17, 15) is 4.79 Å². The first kappa shape index (κ1) is 20.3. The highest BCUT2D eigenvalue weighted by molar-refractivity contribution is 6.05. The smallest absolute Gasteiger partial charge is 0.336 e. The fourth-order valence-corrected chi connectivity index (χ4v) is 3.37. The van der Waals surface area contributed by atoms with Crippen molar-refractivity contribution < 1.29 is 9.53 Å². The van der Waals surface area contributed by atoms with Crippen molar-refractivity contribution in [3.63, 3.8) is 0 Å². The third-order valence-electron chi connectivity index (χ3n) is 5.01. The number of benzene rings is 3. The summed E-state index contributed by atoms with van der Waals surface area (Å²) in [5.74, 6) is 0.573. The molecule has 1 amide bonds. The molecule has 6 heteroatoms. The van der Waals surface area contributed by atoms with Crippen LogP contribution in [0.1, 0.15) is 28.4 Å². The second-order valence-electron chi connectivity index (χ2n) is 7.19. The van der Waals surface area contributed by atoms with Crippen LogP contribution in [-0.2, 0) is 0 Å². The van der Waals surface area contributed by atoms with Crippen LogP contribution in [0.15, 0.2) is 72.8 Å². The van der Waals surface area contributed by atoms with E-state index in [1.165, 1.54) is 0 Å². The molecule has 0 atom stereocenters. The van der Waals surface area contributed by atoms with Gasteiger partial charge in [0.25, 0.3) is 5.91 Å². The molecule has 0 bridgehead atoms. The molecule has 0 aliphatic carbocycles. The van der Waals surface area contributed by atoms with Gasteiger partial charge in [-0.3, -0.25) is 4.79 Å². The monoisotopic (exact) mass is 412 g/mol. The van der Waals surface area contributed by atoms with Crippen molar-refractivity contribution in [1.29, 1.82) is 0 Å². The predicted octanol–water partition coefficient (Wildman–Crippen LogP) is 5.20. The highest BCUT2D eigenvalue weighted by atomic mass is 16.5. The molecule has 0 saturated carbocycles. The van der Waals surface area contributed by atoms with Gasteiger partial charge in [-0.05, 0) is 62.2 Å². The van der Waals surface area contributed by atoms with E-state index in [1.54, 1.807) is 4.68 Å². The van der Waals surface area contributed by atoms with Gasteiger partial charge in [-0.25, -0.2) is 4.68 Å². The molecule has 4 aromatic rings. The lowest BCUT2D eigenvalue weighted by atomic mass is 10.1. The molecule has 0 unspecified atom stereocenters. The van der Waals surface area contributed by atoms with Crippen LogP contribution in [0.4, 0.5) is 5.69 Å². The van der Waals surface area contributed by atoms with E-state index < -0.39 is 0 Å². The van der Waals surface area contributed by atoms with Crippen LogP contribution < -0.4 is 10.1 Å². The number of carbonyl (C=O) groups excluding carboxylic acids is 1. The third-order valence-corrected chi connectivity index (χ3v) is 5.01. The number of ether oxygens (including phenoxy) is 1. The Labute approximate surface area is 181 Å². The summed E-state index contributed by atoms with van der Waals surface area (Å²) in [4.78, 5) is 17.2. The van der Waals surface area contributed by atoms with Gasteiger partial charge in [0.05, 0.1) is 12.3 Å². The van der Waals surface area contributed by atoms with Crippen molar-refractivity contribution in [2.75, 3.05) is 11.9 Å². The van der Waals surface area contributed by atoms with Crippen molar-refractivity contribution in [2.45, 2.75) is 20.8 Å². The lowest BCUT2D eigenvalue weighted by molar-refractivity contribution is 0.102. The molecule has 4 rings (SSSR count). The topological polar surface area (TPSA) is 69.0 Å². The Hall–Kier alpha value is -3.93. The van der Waals surface area contributed by atoms with Gasteiger partial charge in [0.1, 0.15) is 0 Å². The highest BCUT2D eigenvalue weighted by Gasteiger charge is 2.16. The second kappa shape index (κ2) is 8.83. The Morgan fingerprint density at radius 2 is 1.61 bits per heavy atom. The minimum absolute atomic E-state index is 0.133. The number of hydrogen-bond acceptors (Lipinski definition) is 4. The first-order chi connectivity index (χ1) is 15.1. The Balaban J connectivity index is 1.64. The highest BCUT2D eigenvalue weighted by Crippen LogP contribution is 2.27. The Bertz CT molecular complexity index is 1210. The molecule has 0 radical (unpaired) electrons. The predicted molar refractivity (Wildman–Crippen MR) is 122 cm³/mol. The molecular weight excluding hydrogens is 388 g/mol. The van der Waals surface area contributed by atoms with Crippen molar-refractivity contribution in [3.8, 4) is 23.1 Å². The maximum atomic E-state index is 12.6. The summed E-state index contributed by atoms with van der Waals surface area (Å²) in [5, 5.41) is 7.48. The molecule has 0 fully saturated rings. The molecule has 0 spiro atoms. The number of aromatic nitrogens is 3. The van der Waals surface area contributed by atoms with E-state index in [4.69, 9.17) is 4.74 Å². The number of nitrogens with zero attached hydrogens (tertiary/aromatic N) is 3. The Kier molecular flexibility index (Phi) is 5.80. The summed E-state index contributed by atoms with van der Waals surface area (Å²) in [6.45, 7) is 6.35. The Morgan fingerprint density at radius 3 is 2.29 bits per heavy atom. The van der Waals surface area contributed by atoms with Gasteiger partial charge in [-0.1, -0.05) is 42.5 Å². The summed E-state index contributed by atoms with van der Waals surface area (Å²) in [5.41, 5.74) is 5.21. The van der Waals surface area contributed by atoms with E-state index in [-0.39, 0.29) is 5.91 Å². The molecule has 31 heavy (non-hydrogen) atoms. The molecular formula is C25H24N4O2. The van der Waals surface area contributed by atoms with E-state index in [0.29, 0.717) is 29.7 Å². The van der Waals surface area contributed by atoms with Gasteiger partial charge in [-0.2, -0.15) is 4.98 Å². The molecule has 0 aliphatic heterocycles. The zero-order valence-corrected chi connectivity index (χ0v) is 17.8. The minimum Gasteiger partial charge on any atom is -0.463 e. The van der Waals surface area contributed by atoms with E-state index in [2.05, 4.69) is 15.4 Å². The molecule has 3 aromatic carbocycles. The van der Waals surface area contributed by atoms with Crippen molar-refractivity contribution in [2.24, 2.45) is 0 Å². The summed E-state index contributed by atoms with van der Waals surface area (Å²) in [7, 11) is 0. The van der Waals surface area contributed by atoms with Crippen LogP contribution in [0.2, 0.25) is 0 Å². The zero-order valence-electron chi connectivity index (χ0n) is 17.8. The number of rotatable bonds is 6. The van der Waals surface area contributed by atoms with E-state index in [0.717, 1.165) is 22.4 Å². The van der Waals surface area contributed by atoms with Crippen molar-refractivity contribution in [1.82, 2.24) is 14.8 Å². The molecule has 156 valence electrons. The normalized spacial score (nSPS) is 10.7. The van der Waals surface area contributed by atoms with Crippen LogP contribution in [-0.4, -0.2) is 27.3 Å². The number of aryl methyl sites for hydroxylation is 2. The second-order valence-corrected chi connectivity index (χ2v) is 7.19. The van der Waals surface area contributed by atoms with Crippen LogP contribution in [0.5, 0.6) is 6.01 Å². The number of carbonyl (C=O) groups is 1. The first-order valence-corrected chi connectivity index (χ1v) is 10.2. The summed E-state index contributed by atoms with van der Waals surface area (Å²) >= 11 is 0.